The maximum Gasteiger partial charge on any atom is 0.260 e. The smallest absolute Gasteiger partial charge is 0.260 e. The molecule has 5 aromatic carbocycles. The van der Waals surface area contributed by atoms with Crippen molar-refractivity contribution in [3.05, 3.63) is 115 Å². The molecule has 35 heavy (non-hydrogen) atoms. The minimum absolute atomic E-state index is 0.104. The average Bonchev–Trinajstić information content (AvgIpc) is 2.93. The quantitative estimate of drug-likeness (QED) is 0.323. The summed E-state index contributed by atoms with van der Waals surface area (Å²) in [6.07, 6.45) is 0. The van der Waals surface area contributed by atoms with E-state index in [1.807, 2.05) is 48.5 Å². The topological polar surface area (TPSA) is 42.2 Å². The number of benzene rings is 5. The van der Waals surface area contributed by atoms with E-state index in [4.69, 9.17) is 9.47 Å². The molecule has 5 aromatic rings. The van der Waals surface area contributed by atoms with Gasteiger partial charge in [0.25, 0.3) is 6.71 Å². The Balaban J connectivity index is 1.49. The molecule has 162 valence electrons. The van der Waals surface area contributed by atoms with Crippen LogP contribution < -0.4 is 25.9 Å². The molecular formula is C31H18BNO2. The molecule has 2 heterocycles. The fourth-order valence-electron chi connectivity index (χ4n) is 5.20. The van der Waals surface area contributed by atoms with Gasteiger partial charge in [-0.05, 0) is 57.4 Å². The van der Waals surface area contributed by atoms with Gasteiger partial charge in [-0.1, -0.05) is 84.9 Å². The molecule has 0 bridgehead atoms. The van der Waals surface area contributed by atoms with Gasteiger partial charge >= 0.3 is 0 Å². The molecule has 0 radical (unpaired) electrons. The Morgan fingerprint density at radius 1 is 0.543 bits per heavy atom. The third-order valence-electron chi connectivity index (χ3n) is 6.85. The molecule has 0 spiro atoms. The molecule has 0 amide bonds. The van der Waals surface area contributed by atoms with Crippen LogP contribution in [0.25, 0.3) is 22.3 Å². The van der Waals surface area contributed by atoms with Crippen LogP contribution in [0.15, 0.2) is 109 Å². The molecule has 2 aliphatic heterocycles. The summed E-state index contributed by atoms with van der Waals surface area (Å²) < 4.78 is 12.7. The summed E-state index contributed by atoms with van der Waals surface area (Å²) >= 11 is 0. The molecule has 0 N–H and O–H groups in total. The zero-order valence-corrected chi connectivity index (χ0v) is 18.7. The molecule has 3 nitrogen and oxygen atoms in total. The van der Waals surface area contributed by atoms with Gasteiger partial charge < -0.3 is 9.47 Å². The van der Waals surface area contributed by atoms with Crippen LogP contribution in [-0.2, 0) is 0 Å². The molecule has 2 aliphatic rings. The number of nitriles is 1. The van der Waals surface area contributed by atoms with Crippen molar-refractivity contribution in [2.45, 2.75) is 0 Å². The Hall–Kier alpha value is -4.75. The second kappa shape index (κ2) is 7.65. The highest BCUT2D eigenvalue weighted by atomic mass is 16.5. The van der Waals surface area contributed by atoms with Gasteiger partial charge in [-0.15, -0.1) is 0 Å². The highest BCUT2D eigenvalue weighted by molar-refractivity contribution is 6.98. The van der Waals surface area contributed by atoms with Crippen molar-refractivity contribution < 1.29 is 9.47 Å². The number of hydrogen-bond acceptors (Lipinski definition) is 3. The molecule has 0 aliphatic carbocycles. The van der Waals surface area contributed by atoms with Gasteiger partial charge in [0.1, 0.15) is 29.1 Å². The van der Waals surface area contributed by atoms with E-state index >= 15 is 0 Å². The highest BCUT2D eigenvalue weighted by Crippen LogP contribution is 2.38. The van der Waals surface area contributed by atoms with Crippen LogP contribution in [0.5, 0.6) is 23.0 Å². The Bertz CT molecular complexity index is 1600. The van der Waals surface area contributed by atoms with Crippen molar-refractivity contribution in [2.24, 2.45) is 0 Å². The summed E-state index contributed by atoms with van der Waals surface area (Å²) in [4.78, 5) is 0. The largest absolute Gasteiger partial charge is 0.458 e. The minimum Gasteiger partial charge on any atom is -0.458 e. The van der Waals surface area contributed by atoms with Gasteiger partial charge in [0.15, 0.2) is 0 Å². The van der Waals surface area contributed by atoms with Crippen molar-refractivity contribution in [1.82, 2.24) is 0 Å². The molecule has 0 saturated heterocycles. The lowest BCUT2D eigenvalue weighted by molar-refractivity contribution is 0.463. The monoisotopic (exact) mass is 447 g/mol. The third-order valence-corrected chi connectivity index (χ3v) is 6.85. The summed E-state index contributed by atoms with van der Waals surface area (Å²) in [6, 6.07) is 39.3. The zero-order chi connectivity index (χ0) is 23.4. The Labute approximate surface area is 203 Å². The fraction of sp³-hybridized carbons (Fsp3) is 0. The number of ether oxygens (including phenoxy) is 2. The van der Waals surface area contributed by atoms with Gasteiger partial charge in [-0.3, -0.25) is 0 Å². The number of rotatable bonds is 2. The SMILES string of the molecule is N#Cc1ccc2c3c1Oc1ccc(-c4ccccc4)cc1B3c1cc(-c3ccccc3)ccc1O2. The Morgan fingerprint density at radius 3 is 1.66 bits per heavy atom. The van der Waals surface area contributed by atoms with Gasteiger partial charge in [-0.2, -0.15) is 5.26 Å². The van der Waals surface area contributed by atoms with Crippen LogP contribution in [0.2, 0.25) is 0 Å². The first kappa shape index (κ1) is 19.7. The Kier molecular flexibility index (Phi) is 4.31. The van der Waals surface area contributed by atoms with Crippen LogP contribution >= 0.6 is 0 Å². The summed E-state index contributed by atoms with van der Waals surface area (Å²) in [5.41, 5.74) is 8.13. The second-order valence-corrected chi connectivity index (χ2v) is 8.84. The standard InChI is InChI=1S/C31H18BNO2/c33-19-24-13-16-29-30-31(24)35-28-15-12-23(21-9-5-2-6-10-21)18-26(28)32(30)25-17-22(11-14-27(25)34-29)20-7-3-1-4-8-20/h1-18H. The lowest BCUT2D eigenvalue weighted by Gasteiger charge is -2.33. The van der Waals surface area contributed by atoms with E-state index < -0.39 is 0 Å². The maximum absolute atomic E-state index is 9.82. The van der Waals surface area contributed by atoms with E-state index in [2.05, 4.69) is 60.7 Å². The molecule has 0 aromatic heterocycles. The maximum atomic E-state index is 9.82. The summed E-state index contributed by atoms with van der Waals surface area (Å²) in [7, 11) is 0. The third kappa shape index (κ3) is 3.06. The van der Waals surface area contributed by atoms with E-state index in [9.17, 15) is 5.26 Å². The Morgan fingerprint density at radius 2 is 1.09 bits per heavy atom. The molecular weight excluding hydrogens is 429 g/mol. The highest BCUT2D eigenvalue weighted by Gasteiger charge is 2.41. The predicted molar refractivity (Wildman–Crippen MR) is 140 cm³/mol. The van der Waals surface area contributed by atoms with Crippen molar-refractivity contribution in [1.29, 1.82) is 5.26 Å². The molecule has 0 unspecified atom stereocenters. The lowest BCUT2D eigenvalue weighted by Crippen LogP contribution is -2.57. The van der Waals surface area contributed by atoms with Crippen LogP contribution in [-0.4, -0.2) is 6.71 Å². The fourth-order valence-corrected chi connectivity index (χ4v) is 5.20. The number of hydrogen-bond donors (Lipinski definition) is 0. The first-order valence-electron chi connectivity index (χ1n) is 11.6. The lowest BCUT2D eigenvalue weighted by atomic mass is 9.34. The van der Waals surface area contributed by atoms with E-state index in [0.29, 0.717) is 11.3 Å². The summed E-state index contributed by atoms with van der Waals surface area (Å²) in [5.74, 6) is 2.93. The van der Waals surface area contributed by atoms with Crippen molar-refractivity contribution in [3.63, 3.8) is 0 Å². The van der Waals surface area contributed by atoms with Crippen LogP contribution in [0.3, 0.4) is 0 Å². The molecule has 4 heteroatoms. The van der Waals surface area contributed by atoms with Gasteiger partial charge in [-0.25, -0.2) is 0 Å². The first-order chi connectivity index (χ1) is 17.3. The van der Waals surface area contributed by atoms with Crippen LogP contribution in [0, 0.1) is 11.3 Å². The number of nitrogens with zero attached hydrogens (tertiary/aromatic N) is 1. The van der Waals surface area contributed by atoms with Gasteiger partial charge in [0.05, 0.1) is 5.56 Å². The van der Waals surface area contributed by atoms with Crippen LogP contribution in [0.1, 0.15) is 5.56 Å². The van der Waals surface area contributed by atoms with E-state index in [1.165, 1.54) is 0 Å². The van der Waals surface area contributed by atoms with Crippen molar-refractivity contribution >= 4 is 23.1 Å². The van der Waals surface area contributed by atoms with Crippen LogP contribution in [0.4, 0.5) is 0 Å². The minimum atomic E-state index is -0.104. The van der Waals surface area contributed by atoms with Gasteiger partial charge in [0.2, 0.25) is 0 Å². The van der Waals surface area contributed by atoms with Crippen molar-refractivity contribution in [3.8, 4) is 51.3 Å². The average molecular weight is 447 g/mol. The molecule has 7 rings (SSSR count). The predicted octanol–water partition coefficient (Wildman–Crippen LogP) is 5.62. The zero-order valence-electron chi connectivity index (χ0n) is 18.7. The summed E-state index contributed by atoms with van der Waals surface area (Å²) in [5, 5.41) is 9.82. The molecule has 0 atom stereocenters. The van der Waals surface area contributed by atoms with E-state index in [-0.39, 0.29) is 6.71 Å². The summed E-state index contributed by atoms with van der Waals surface area (Å²) in [6.45, 7) is -0.104. The molecule has 0 fully saturated rings. The molecule has 0 saturated carbocycles. The first-order valence-corrected chi connectivity index (χ1v) is 11.6. The van der Waals surface area contributed by atoms with E-state index in [1.54, 1.807) is 6.07 Å². The second-order valence-electron chi connectivity index (χ2n) is 8.84. The van der Waals surface area contributed by atoms with E-state index in [0.717, 1.165) is 55.9 Å². The van der Waals surface area contributed by atoms with Crippen molar-refractivity contribution in [2.75, 3.05) is 0 Å². The normalized spacial score (nSPS) is 12.4. The van der Waals surface area contributed by atoms with Gasteiger partial charge in [0, 0.05) is 5.46 Å². The number of fused-ring (bicyclic) bond motifs is 4.